The van der Waals surface area contributed by atoms with Crippen LogP contribution in [0.25, 0.3) is 10.9 Å². The number of ether oxygens (including phenoxy) is 1. The SMILES string of the molecule is CN(C)C/C=C/C(=O)Nc1nc2ccccc2c(Nc2ccc(OCc3ccccn3)c(Cl)c2)c1C#N. The fraction of sp³-hybridized carbons (Fsp3) is 0.143. The summed E-state index contributed by atoms with van der Waals surface area (Å²) in [5, 5.41) is 17.2. The Balaban J connectivity index is 1.62. The Morgan fingerprint density at radius 1 is 1.16 bits per heavy atom. The summed E-state index contributed by atoms with van der Waals surface area (Å²) in [6, 6.07) is 20.4. The van der Waals surface area contributed by atoms with Crippen LogP contribution in [-0.2, 0) is 11.4 Å². The van der Waals surface area contributed by atoms with E-state index in [-0.39, 0.29) is 23.9 Å². The number of aromatic nitrogens is 2. The summed E-state index contributed by atoms with van der Waals surface area (Å²) in [6.07, 6.45) is 4.87. The number of nitriles is 1. The van der Waals surface area contributed by atoms with Crippen LogP contribution >= 0.6 is 11.6 Å². The summed E-state index contributed by atoms with van der Waals surface area (Å²) < 4.78 is 5.81. The summed E-state index contributed by atoms with van der Waals surface area (Å²) in [5.41, 5.74) is 2.77. The fourth-order valence-corrected chi connectivity index (χ4v) is 3.78. The van der Waals surface area contributed by atoms with Gasteiger partial charge in [0.2, 0.25) is 5.91 Å². The van der Waals surface area contributed by atoms with Gasteiger partial charge in [0.15, 0.2) is 5.82 Å². The van der Waals surface area contributed by atoms with Gasteiger partial charge in [-0.3, -0.25) is 9.78 Å². The topological polar surface area (TPSA) is 103 Å². The van der Waals surface area contributed by atoms with Gasteiger partial charge >= 0.3 is 0 Å². The first-order valence-corrected chi connectivity index (χ1v) is 11.9. The number of para-hydroxylation sites is 1. The molecular formula is C28H25ClN6O2. The average Bonchev–Trinajstić information content (AvgIpc) is 2.88. The zero-order valence-corrected chi connectivity index (χ0v) is 21.2. The molecule has 0 radical (unpaired) electrons. The van der Waals surface area contributed by atoms with Crippen molar-refractivity contribution in [2.24, 2.45) is 0 Å². The van der Waals surface area contributed by atoms with Crippen LogP contribution in [0.3, 0.4) is 0 Å². The highest BCUT2D eigenvalue weighted by Crippen LogP contribution is 2.35. The number of nitrogens with one attached hydrogen (secondary N) is 2. The van der Waals surface area contributed by atoms with Crippen molar-refractivity contribution in [3.63, 3.8) is 0 Å². The average molecular weight is 513 g/mol. The lowest BCUT2D eigenvalue weighted by Crippen LogP contribution is -2.14. The lowest BCUT2D eigenvalue weighted by molar-refractivity contribution is -0.111. The minimum absolute atomic E-state index is 0.171. The molecule has 2 heterocycles. The number of nitrogens with zero attached hydrogens (tertiary/aromatic N) is 4. The summed E-state index contributed by atoms with van der Waals surface area (Å²) in [6.45, 7) is 0.895. The lowest BCUT2D eigenvalue weighted by Gasteiger charge is -2.16. The number of hydrogen-bond acceptors (Lipinski definition) is 7. The number of amides is 1. The van der Waals surface area contributed by atoms with Crippen molar-refractivity contribution in [1.82, 2.24) is 14.9 Å². The molecule has 4 aromatic rings. The monoisotopic (exact) mass is 512 g/mol. The highest BCUT2D eigenvalue weighted by Gasteiger charge is 2.17. The normalized spacial score (nSPS) is 11.0. The van der Waals surface area contributed by atoms with E-state index in [2.05, 4.69) is 26.7 Å². The smallest absolute Gasteiger partial charge is 0.249 e. The van der Waals surface area contributed by atoms with Crippen molar-refractivity contribution < 1.29 is 9.53 Å². The third kappa shape index (κ3) is 6.61. The van der Waals surface area contributed by atoms with Crippen LogP contribution < -0.4 is 15.4 Å². The van der Waals surface area contributed by atoms with E-state index < -0.39 is 0 Å². The number of benzene rings is 2. The summed E-state index contributed by atoms with van der Waals surface area (Å²) >= 11 is 6.49. The van der Waals surface area contributed by atoms with E-state index in [9.17, 15) is 10.1 Å². The minimum atomic E-state index is -0.371. The molecule has 1 amide bonds. The number of hydrogen-bond donors (Lipinski definition) is 2. The molecule has 4 rings (SSSR count). The predicted octanol–water partition coefficient (Wildman–Crippen LogP) is 5.53. The van der Waals surface area contributed by atoms with E-state index in [1.165, 1.54) is 6.08 Å². The second-order valence-electron chi connectivity index (χ2n) is 8.37. The van der Waals surface area contributed by atoms with Gasteiger partial charge < -0.3 is 20.3 Å². The van der Waals surface area contributed by atoms with Crippen molar-refractivity contribution in [1.29, 1.82) is 5.26 Å². The Labute approximate surface area is 220 Å². The first kappa shape index (κ1) is 25.6. The molecule has 0 fully saturated rings. The zero-order valence-electron chi connectivity index (χ0n) is 20.4. The van der Waals surface area contributed by atoms with Crippen molar-refractivity contribution in [3.8, 4) is 11.8 Å². The van der Waals surface area contributed by atoms with Crippen LogP contribution in [0.15, 0.2) is 79.0 Å². The number of anilines is 3. The van der Waals surface area contributed by atoms with E-state index in [0.717, 1.165) is 11.1 Å². The van der Waals surface area contributed by atoms with Gasteiger partial charge in [-0.15, -0.1) is 0 Å². The van der Waals surface area contributed by atoms with Crippen LogP contribution in [0.1, 0.15) is 11.3 Å². The second-order valence-corrected chi connectivity index (χ2v) is 8.78. The van der Waals surface area contributed by atoms with Crippen molar-refractivity contribution in [2.45, 2.75) is 6.61 Å². The Hall–Kier alpha value is -4.45. The first-order chi connectivity index (χ1) is 17.9. The molecular weight excluding hydrogens is 488 g/mol. The molecule has 37 heavy (non-hydrogen) atoms. The van der Waals surface area contributed by atoms with E-state index in [0.29, 0.717) is 34.2 Å². The highest BCUT2D eigenvalue weighted by atomic mass is 35.5. The third-order valence-electron chi connectivity index (χ3n) is 5.29. The molecule has 2 aromatic heterocycles. The van der Waals surface area contributed by atoms with E-state index in [1.54, 1.807) is 30.5 Å². The highest BCUT2D eigenvalue weighted by molar-refractivity contribution is 6.32. The van der Waals surface area contributed by atoms with Crippen LogP contribution in [-0.4, -0.2) is 41.4 Å². The zero-order chi connectivity index (χ0) is 26.2. The Bertz CT molecular complexity index is 1480. The Kier molecular flexibility index (Phi) is 8.31. The molecule has 0 spiro atoms. The third-order valence-corrected chi connectivity index (χ3v) is 5.58. The molecule has 0 aliphatic rings. The molecule has 0 saturated heterocycles. The van der Waals surface area contributed by atoms with Crippen LogP contribution in [0.5, 0.6) is 5.75 Å². The minimum Gasteiger partial charge on any atom is -0.486 e. The summed E-state index contributed by atoms with van der Waals surface area (Å²) in [7, 11) is 3.81. The summed E-state index contributed by atoms with van der Waals surface area (Å²) in [5.74, 6) is 0.310. The number of carbonyl (C=O) groups excluding carboxylic acids is 1. The molecule has 2 aromatic carbocycles. The number of carbonyl (C=O) groups is 1. The maximum Gasteiger partial charge on any atom is 0.249 e. The van der Waals surface area contributed by atoms with Gasteiger partial charge in [0, 0.05) is 29.9 Å². The van der Waals surface area contributed by atoms with E-state index >= 15 is 0 Å². The predicted molar refractivity (Wildman–Crippen MR) is 146 cm³/mol. The lowest BCUT2D eigenvalue weighted by atomic mass is 10.1. The van der Waals surface area contributed by atoms with Gasteiger partial charge in [-0.1, -0.05) is 41.9 Å². The molecule has 0 bridgehead atoms. The van der Waals surface area contributed by atoms with Crippen molar-refractivity contribution in [3.05, 3.63) is 95.3 Å². The van der Waals surface area contributed by atoms with Gasteiger partial charge in [0.25, 0.3) is 0 Å². The Morgan fingerprint density at radius 3 is 2.70 bits per heavy atom. The molecule has 0 atom stereocenters. The number of fused-ring (bicyclic) bond motifs is 1. The molecule has 186 valence electrons. The summed E-state index contributed by atoms with van der Waals surface area (Å²) in [4.78, 5) is 23.2. The van der Waals surface area contributed by atoms with Gasteiger partial charge in [-0.25, -0.2) is 4.98 Å². The van der Waals surface area contributed by atoms with Crippen LogP contribution in [0.2, 0.25) is 5.02 Å². The molecule has 0 aliphatic carbocycles. The van der Waals surface area contributed by atoms with Crippen LogP contribution in [0, 0.1) is 11.3 Å². The maximum absolute atomic E-state index is 12.5. The number of likely N-dealkylation sites (N-methyl/N-ethyl adjacent to an activating group) is 1. The van der Waals surface area contributed by atoms with Crippen molar-refractivity contribution >= 4 is 45.6 Å². The number of halogens is 1. The van der Waals surface area contributed by atoms with Gasteiger partial charge in [0.05, 0.1) is 21.9 Å². The second kappa shape index (κ2) is 12.0. The fourth-order valence-electron chi connectivity index (χ4n) is 3.55. The standard InChI is InChI=1S/C28H25ClN6O2/c1-35(2)15-7-11-26(36)34-28-22(17-30)27(21-9-3-4-10-24(21)33-28)32-19-12-13-25(23(29)16-19)37-18-20-8-5-6-14-31-20/h3-14,16H,15,18H2,1-2H3,(H2,32,33,34,36)/b11-7+. The molecule has 9 heteroatoms. The largest absolute Gasteiger partial charge is 0.486 e. The maximum atomic E-state index is 12.5. The number of pyridine rings is 2. The number of rotatable bonds is 9. The van der Waals surface area contributed by atoms with E-state index in [1.807, 2.05) is 61.5 Å². The molecule has 2 N–H and O–H groups in total. The Morgan fingerprint density at radius 2 is 1.97 bits per heavy atom. The molecule has 8 nitrogen and oxygen atoms in total. The van der Waals surface area contributed by atoms with Gasteiger partial charge in [-0.2, -0.15) is 5.26 Å². The first-order valence-electron chi connectivity index (χ1n) is 11.5. The van der Waals surface area contributed by atoms with E-state index in [4.69, 9.17) is 16.3 Å². The van der Waals surface area contributed by atoms with Gasteiger partial charge in [-0.05, 0) is 50.5 Å². The van der Waals surface area contributed by atoms with Crippen LogP contribution in [0.4, 0.5) is 17.2 Å². The van der Waals surface area contributed by atoms with Gasteiger partial charge in [0.1, 0.15) is 24.0 Å². The quantitative estimate of drug-likeness (QED) is 0.284. The molecule has 0 unspecified atom stereocenters. The van der Waals surface area contributed by atoms with Crippen molar-refractivity contribution in [2.75, 3.05) is 31.3 Å². The molecule has 0 aliphatic heterocycles. The molecule has 0 saturated carbocycles.